The number of nitrogens with zero attached hydrogens (tertiary/aromatic N) is 5. The molecule has 0 atom stereocenters. The molecule has 0 saturated carbocycles. The lowest BCUT2D eigenvalue weighted by Gasteiger charge is -2.12. The van der Waals surface area contributed by atoms with E-state index in [0.717, 1.165) is 93.2 Å². The molecular formula is C56H33N5O. The van der Waals surface area contributed by atoms with Gasteiger partial charge in [-0.3, -0.25) is 0 Å². The molecule has 13 aromatic rings. The van der Waals surface area contributed by atoms with Crippen LogP contribution in [0.5, 0.6) is 0 Å². The molecule has 62 heavy (non-hydrogen) atoms. The van der Waals surface area contributed by atoms with Crippen LogP contribution >= 0.6 is 0 Å². The Morgan fingerprint density at radius 3 is 1.66 bits per heavy atom. The Kier molecular flexibility index (Phi) is 7.50. The molecule has 0 spiro atoms. The third-order valence-corrected chi connectivity index (χ3v) is 12.2. The van der Waals surface area contributed by atoms with Gasteiger partial charge in [0, 0.05) is 49.5 Å². The minimum Gasteiger partial charge on any atom is -0.435 e. The second-order valence-corrected chi connectivity index (χ2v) is 15.9. The number of hydrogen-bond donors (Lipinski definition) is 0. The van der Waals surface area contributed by atoms with E-state index in [2.05, 4.69) is 168 Å². The molecular weight excluding hydrogens is 759 g/mol. The first-order valence-corrected chi connectivity index (χ1v) is 20.8. The van der Waals surface area contributed by atoms with Crippen LogP contribution in [0.4, 0.5) is 0 Å². The Morgan fingerprint density at radius 1 is 0.339 bits per heavy atom. The van der Waals surface area contributed by atoms with Gasteiger partial charge in [0.05, 0.1) is 11.0 Å². The standard InChI is InChI=1S/C56H33N5O/c1-3-12-37(13-4-1)56-57-47-30-27-36-21-20-35-22-23-39-32-41(25-28-44(39)50(35)51(36)52(47)62-56)54-58-53(40-24-19-34-11-7-8-14-38(34)31-40)59-55(60-54)42-26-29-46-45-17-9-10-18-48(45)61(49(46)33-42)43-15-5-2-6-16-43/h1-33H. The van der Waals surface area contributed by atoms with Gasteiger partial charge in [-0.05, 0) is 86.9 Å². The summed E-state index contributed by atoms with van der Waals surface area (Å²) in [7, 11) is 0. The Morgan fingerprint density at radius 2 is 0.887 bits per heavy atom. The molecule has 3 aromatic heterocycles. The van der Waals surface area contributed by atoms with Gasteiger partial charge in [-0.1, -0.05) is 146 Å². The smallest absolute Gasteiger partial charge is 0.227 e. The summed E-state index contributed by atoms with van der Waals surface area (Å²) in [6, 6.07) is 70.0. The maximum absolute atomic E-state index is 6.59. The van der Waals surface area contributed by atoms with Gasteiger partial charge in [-0.2, -0.15) is 0 Å². The van der Waals surface area contributed by atoms with Crippen LogP contribution in [-0.4, -0.2) is 24.5 Å². The molecule has 0 fully saturated rings. The summed E-state index contributed by atoms with van der Waals surface area (Å²) in [5, 5.41) is 11.3. The van der Waals surface area contributed by atoms with E-state index in [1.165, 1.54) is 10.8 Å². The first-order valence-electron chi connectivity index (χ1n) is 20.8. The monoisotopic (exact) mass is 791 g/mol. The highest BCUT2D eigenvalue weighted by Crippen LogP contribution is 2.40. The van der Waals surface area contributed by atoms with Crippen molar-refractivity contribution in [1.29, 1.82) is 0 Å². The molecule has 3 heterocycles. The number of oxazole rings is 1. The summed E-state index contributed by atoms with van der Waals surface area (Å²) in [4.78, 5) is 20.6. The lowest BCUT2D eigenvalue weighted by Crippen LogP contribution is -2.00. The molecule has 0 aliphatic carbocycles. The summed E-state index contributed by atoms with van der Waals surface area (Å²) >= 11 is 0. The van der Waals surface area contributed by atoms with E-state index in [9.17, 15) is 0 Å². The lowest BCUT2D eigenvalue weighted by atomic mass is 9.95. The zero-order valence-corrected chi connectivity index (χ0v) is 33.2. The van der Waals surface area contributed by atoms with Crippen LogP contribution in [-0.2, 0) is 0 Å². The van der Waals surface area contributed by atoms with E-state index in [4.69, 9.17) is 24.4 Å². The number of rotatable bonds is 5. The summed E-state index contributed by atoms with van der Waals surface area (Å²) in [5.41, 5.74) is 8.64. The fraction of sp³-hybridized carbons (Fsp3) is 0. The summed E-state index contributed by atoms with van der Waals surface area (Å²) in [5.74, 6) is 2.44. The van der Waals surface area contributed by atoms with Gasteiger partial charge in [0.15, 0.2) is 23.1 Å². The van der Waals surface area contributed by atoms with Gasteiger partial charge >= 0.3 is 0 Å². The molecule has 0 aliphatic rings. The van der Waals surface area contributed by atoms with E-state index < -0.39 is 0 Å². The van der Waals surface area contributed by atoms with Crippen molar-refractivity contribution in [3.63, 3.8) is 0 Å². The third-order valence-electron chi connectivity index (χ3n) is 12.2. The second-order valence-electron chi connectivity index (χ2n) is 15.9. The van der Waals surface area contributed by atoms with Crippen LogP contribution < -0.4 is 0 Å². The summed E-state index contributed by atoms with van der Waals surface area (Å²) in [6.45, 7) is 0. The fourth-order valence-electron chi connectivity index (χ4n) is 9.25. The second kappa shape index (κ2) is 13.5. The molecule has 0 unspecified atom stereocenters. The lowest BCUT2D eigenvalue weighted by molar-refractivity contribution is 0.623. The molecule has 0 amide bonds. The van der Waals surface area contributed by atoms with E-state index in [1.54, 1.807) is 0 Å². The van der Waals surface area contributed by atoms with Gasteiger partial charge in [0.2, 0.25) is 5.89 Å². The van der Waals surface area contributed by atoms with Gasteiger partial charge in [-0.15, -0.1) is 0 Å². The van der Waals surface area contributed by atoms with Crippen molar-refractivity contribution in [2.45, 2.75) is 0 Å². The SMILES string of the molecule is c1ccc(-c2nc3ccc4ccc5ccc6cc(-c7nc(-c8ccc9ccccc9c8)nc(-c8ccc9c%10ccccc%10n(-c%10ccccc%10)c9c8)n7)ccc6c5c4c3o2)cc1. The average Bonchev–Trinajstić information content (AvgIpc) is 3.93. The fourth-order valence-corrected chi connectivity index (χ4v) is 9.25. The molecule has 0 aliphatic heterocycles. The van der Waals surface area contributed by atoms with Crippen LogP contribution in [0.25, 0.3) is 127 Å². The first-order chi connectivity index (χ1) is 30.7. The average molecular weight is 792 g/mol. The van der Waals surface area contributed by atoms with Crippen molar-refractivity contribution in [3.05, 3.63) is 200 Å². The zero-order chi connectivity index (χ0) is 40.7. The Balaban J connectivity index is 1.01. The normalized spacial score (nSPS) is 11.9. The van der Waals surface area contributed by atoms with Crippen LogP contribution in [0, 0.1) is 0 Å². The molecule has 288 valence electrons. The van der Waals surface area contributed by atoms with E-state index >= 15 is 0 Å². The van der Waals surface area contributed by atoms with Crippen molar-refractivity contribution < 1.29 is 4.42 Å². The van der Waals surface area contributed by atoms with Crippen molar-refractivity contribution >= 4 is 76.0 Å². The highest BCUT2D eigenvalue weighted by atomic mass is 16.3. The minimum absolute atomic E-state index is 0.604. The predicted octanol–water partition coefficient (Wildman–Crippen LogP) is 14.4. The van der Waals surface area contributed by atoms with Gasteiger partial charge in [-0.25, -0.2) is 19.9 Å². The van der Waals surface area contributed by atoms with Crippen molar-refractivity contribution in [2.24, 2.45) is 0 Å². The maximum atomic E-state index is 6.59. The molecule has 0 N–H and O–H groups in total. The zero-order valence-electron chi connectivity index (χ0n) is 33.2. The van der Waals surface area contributed by atoms with Crippen molar-refractivity contribution in [2.75, 3.05) is 0 Å². The predicted molar refractivity (Wildman–Crippen MR) is 254 cm³/mol. The van der Waals surface area contributed by atoms with Crippen LogP contribution in [0.15, 0.2) is 205 Å². The molecule has 0 radical (unpaired) electrons. The van der Waals surface area contributed by atoms with Gasteiger partial charge in [0.1, 0.15) is 5.52 Å². The van der Waals surface area contributed by atoms with Crippen LogP contribution in [0.3, 0.4) is 0 Å². The molecule has 6 heteroatoms. The Bertz CT molecular complexity index is 3930. The number of hydrogen-bond acceptors (Lipinski definition) is 5. The third kappa shape index (κ3) is 5.44. The molecule has 6 nitrogen and oxygen atoms in total. The highest BCUT2D eigenvalue weighted by Gasteiger charge is 2.19. The van der Waals surface area contributed by atoms with Crippen molar-refractivity contribution in [1.82, 2.24) is 24.5 Å². The number of benzene rings is 10. The number of fused-ring (bicyclic) bond motifs is 11. The molecule has 13 rings (SSSR count). The first kappa shape index (κ1) is 34.4. The van der Waals surface area contributed by atoms with E-state index in [-0.39, 0.29) is 0 Å². The molecule has 0 saturated heterocycles. The maximum Gasteiger partial charge on any atom is 0.227 e. The van der Waals surface area contributed by atoms with E-state index in [1.807, 2.05) is 36.4 Å². The Labute approximate surface area is 355 Å². The molecule has 0 bridgehead atoms. The van der Waals surface area contributed by atoms with Crippen LogP contribution in [0.2, 0.25) is 0 Å². The topological polar surface area (TPSA) is 69.6 Å². The highest BCUT2D eigenvalue weighted by molar-refractivity contribution is 6.26. The largest absolute Gasteiger partial charge is 0.435 e. The van der Waals surface area contributed by atoms with Crippen LogP contribution in [0.1, 0.15) is 0 Å². The van der Waals surface area contributed by atoms with Gasteiger partial charge < -0.3 is 8.98 Å². The molecule has 10 aromatic carbocycles. The number of para-hydroxylation sites is 2. The quantitative estimate of drug-likeness (QED) is 0.162. The minimum atomic E-state index is 0.604. The van der Waals surface area contributed by atoms with Crippen molar-refractivity contribution in [3.8, 4) is 51.3 Å². The van der Waals surface area contributed by atoms with Gasteiger partial charge in [0.25, 0.3) is 0 Å². The number of aromatic nitrogens is 5. The summed E-state index contributed by atoms with van der Waals surface area (Å²) in [6.07, 6.45) is 0. The Hall–Kier alpha value is -8.48. The summed E-state index contributed by atoms with van der Waals surface area (Å²) < 4.78 is 8.92. The van der Waals surface area contributed by atoms with E-state index in [0.29, 0.717) is 23.4 Å².